The summed E-state index contributed by atoms with van der Waals surface area (Å²) >= 11 is 1.01. The predicted octanol–water partition coefficient (Wildman–Crippen LogP) is 4.24. The van der Waals surface area contributed by atoms with Crippen LogP contribution in [0.15, 0.2) is 30.3 Å². The van der Waals surface area contributed by atoms with E-state index in [-0.39, 0.29) is 41.2 Å². The van der Waals surface area contributed by atoms with Crippen LogP contribution in [0.4, 0.5) is 5.00 Å². The number of hydrogen-bond donors (Lipinski definition) is 1. The van der Waals surface area contributed by atoms with E-state index in [0.717, 1.165) is 16.9 Å². The number of ether oxygens (including phenoxy) is 3. The molecule has 2 rings (SSSR count). The van der Waals surface area contributed by atoms with Crippen LogP contribution in [-0.4, -0.2) is 44.8 Å². The second-order valence-corrected chi connectivity index (χ2v) is 8.63. The number of carbonyl (C=O) groups is 3. The van der Waals surface area contributed by atoms with Crippen LogP contribution in [0.2, 0.25) is 0 Å². The molecule has 0 aliphatic heterocycles. The molecule has 31 heavy (non-hydrogen) atoms. The first kappa shape index (κ1) is 24.6. The summed E-state index contributed by atoms with van der Waals surface area (Å²) in [5.74, 6) is -1.43. The van der Waals surface area contributed by atoms with Gasteiger partial charge in [-0.25, -0.2) is 9.59 Å². The number of rotatable bonds is 10. The second kappa shape index (κ2) is 11.1. The first-order valence-electron chi connectivity index (χ1n) is 10.0. The molecule has 0 aliphatic carbocycles. The molecule has 1 aromatic carbocycles. The van der Waals surface area contributed by atoms with Crippen molar-refractivity contribution in [2.24, 2.45) is 5.41 Å². The van der Waals surface area contributed by atoms with Gasteiger partial charge in [-0.2, -0.15) is 0 Å². The van der Waals surface area contributed by atoms with E-state index >= 15 is 0 Å². The fourth-order valence-electron chi connectivity index (χ4n) is 2.99. The number of esters is 2. The van der Waals surface area contributed by atoms with E-state index in [1.54, 1.807) is 13.8 Å². The lowest BCUT2D eigenvalue weighted by Gasteiger charge is -2.23. The van der Waals surface area contributed by atoms with Crippen LogP contribution < -0.4 is 5.32 Å². The van der Waals surface area contributed by atoms with Gasteiger partial charge in [0.15, 0.2) is 0 Å². The van der Waals surface area contributed by atoms with E-state index in [1.165, 1.54) is 7.11 Å². The number of hydrogen-bond acceptors (Lipinski definition) is 7. The van der Waals surface area contributed by atoms with Gasteiger partial charge in [0.25, 0.3) is 0 Å². The Morgan fingerprint density at radius 1 is 1.03 bits per heavy atom. The van der Waals surface area contributed by atoms with Gasteiger partial charge in [-0.3, -0.25) is 4.79 Å². The van der Waals surface area contributed by atoms with Crippen LogP contribution in [0.3, 0.4) is 0 Å². The molecule has 7 nitrogen and oxygen atoms in total. The molecule has 2 aromatic rings. The summed E-state index contributed by atoms with van der Waals surface area (Å²) in [4.78, 5) is 38.4. The Morgan fingerprint density at radius 3 is 2.32 bits per heavy atom. The van der Waals surface area contributed by atoms with Crippen LogP contribution in [-0.2, 0) is 25.4 Å². The van der Waals surface area contributed by atoms with Crippen molar-refractivity contribution in [2.75, 3.05) is 32.2 Å². The zero-order chi connectivity index (χ0) is 23.0. The van der Waals surface area contributed by atoms with Crippen LogP contribution in [0.5, 0.6) is 0 Å². The van der Waals surface area contributed by atoms with Gasteiger partial charge in [0.05, 0.1) is 18.8 Å². The summed E-state index contributed by atoms with van der Waals surface area (Å²) in [7, 11) is 1.51. The Labute approximate surface area is 186 Å². The number of nitrogens with one attached hydrogen (secondary N) is 1. The monoisotopic (exact) mass is 447 g/mol. The third kappa shape index (κ3) is 6.38. The summed E-state index contributed by atoms with van der Waals surface area (Å²) in [6.45, 7) is 7.53. The zero-order valence-corrected chi connectivity index (χ0v) is 19.4. The van der Waals surface area contributed by atoms with E-state index in [4.69, 9.17) is 14.2 Å². The van der Waals surface area contributed by atoms with Gasteiger partial charge in [0.1, 0.15) is 16.5 Å². The third-order valence-corrected chi connectivity index (χ3v) is 5.85. The van der Waals surface area contributed by atoms with Gasteiger partial charge in [0.2, 0.25) is 5.91 Å². The summed E-state index contributed by atoms with van der Waals surface area (Å²) < 4.78 is 15.2. The predicted molar refractivity (Wildman–Crippen MR) is 120 cm³/mol. The van der Waals surface area contributed by atoms with Gasteiger partial charge < -0.3 is 19.5 Å². The summed E-state index contributed by atoms with van der Waals surface area (Å²) in [5, 5.41) is 3.12. The van der Waals surface area contributed by atoms with Crippen molar-refractivity contribution >= 4 is 34.2 Å². The smallest absolute Gasteiger partial charge is 0.348 e. The van der Waals surface area contributed by atoms with Crippen LogP contribution in [0.25, 0.3) is 0 Å². The number of amides is 1. The molecule has 0 saturated heterocycles. The minimum absolute atomic E-state index is 0.0905. The molecule has 1 N–H and O–H groups in total. The van der Waals surface area contributed by atoms with Crippen molar-refractivity contribution in [3.05, 3.63) is 51.9 Å². The molecule has 0 bridgehead atoms. The van der Waals surface area contributed by atoms with Crippen molar-refractivity contribution in [2.45, 2.75) is 34.1 Å². The summed E-state index contributed by atoms with van der Waals surface area (Å²) in [5.41, 5.74) is 0.874. The average Bonchev–Trinajstić information content (AvgIpc) is 3.04. The normalized spacial score (nSPS) is 11.1. The molecule has 0 atom stereocenters. The highest BCUT2D eigenvalue weighted by atomic mass is 32.1. The molecule has 0 saturated carbocycles. The van der Waals surface area contributed by atoms with Crippen molar-refractivity contribution in [3.8, 4) is 0 Å². The topological polar surface area (TPSA) is 90.9 Å². The second-order valence-electron chi connectivity index (χ2n) is 7.61. The molecule has 1 heterocycles. The maximum Gasteiger partial charge on any atom is 0.348 e. The molecular formula is C23H29NO6S. The molecule has 1 amide bonds. The minimum atomic E-state index is -0.746. The lowest BCUT2D eigenvalue weighted by molar-refractivity contribution is -0.123. The van der Waals surface area contributed by atoms with Gasteiger partial charge in [-0.15, -0.1) is 11.3 Å². The molecule has 1 aromatic heterocycles. The average molecular weight is 448 g/mol. The highest BCUT2D eigenvalue weighted by molar-refractivity contribution is 7.18. The zero-order valence-electron chi connectivity index (χ0n) is 18.6. The van der Waals surface area contributed by atoms with Gasteiger partial charge in [-0.1, -0.05) is 44.2 Å². The Bertz CT molecular complexity index is 920. The number of carbonyl (C=O) groups excluding carboxylic acids is 3. The summed E-state index contributed by atoms with van der Waals surface area (Å²) in [6, 6.07) is 9.69. The lowest BCUT2D eigenvalue weighted by Crippen LogP contribution is -2.33. The maximum atomic E-state index is 13.1. The highest BCUT2D eigenvalue weighted by Gasteiger charge is 2.32. The quantitative estimate of drug-likeness (QED) is 0.433. The van der Waals surface area contributed by atoms with Gasteiger partial charge in [0, 0.05) is 12.5 Å². The highest BCUT2D eigenvalue weighted by Crippen LogP contribution is 2.36. The van der Waals surface area contributed by atoms with Crippen molar-refractivity contribution in [1.82, 2.24) is 0 Å². The summed E-state index contributed by atoms with van der Waals surface area (Å²) in [6.07, 6.45) is 0.519. The molecule has 0 radical (unpaired) electrons. The van der Waals surface area contributed by atoms with Crippen molar-refractivity contribution < 1.29 is 28.6 Å². The van der Waals surface area contributed by atoms with Gasteiger partial charge >= 0.3 is 11.9 Å². The molecule has 0 fully saturated rings. The minimum Gasteiger partial charge on any atom is -0.462 e. The van der Waals surface area contributed by atoms with Crippen molar-refractivity contribution in [3.63, 3.8) is 0 Å². The Hall–Kier alpha value is -2.71. The fourth-order valence-corrected chi connectivity index (χ4v) is 4.07. The van der Waals surface area contributed by atoms with Crippen molar-refractivity contribution in [1.29, 1.82) is 0 Å². The number of benzene rings is 1. The molecule has 0 unspecified atom stereocenters. The third-order valence-electron chi connectivity index (χ3n) is 4.66. The Morgan fingerprint density at radius 2 is 1.71 bits per heavy atom. The first-order chi connectivity index (χ1) is 14.7. The molecule has 8 heteroatoms. The van der Waals surface area contributed by atoms with E-state index in [9.17, 15) is 14.4 Å². The standard InChI is InChI=1S/C23H29NO6S/c1-6-29-20(25)17-15(2)18(21(26)30-13-12-28-5)31-19(17)24-22(27)23(3,4)14-16-10-8-7-9-11-16/h7-11H,6,12-14H2,1-5H3,(H,24,27). The Kier molecular flexibility index (Phi) is 8.76. The van der Waals surface area contributed by atoms with E-state index in [1.807, 2.05) is 44.2 Å². The molecule has 0 spiro atoms. The molecule has 0 aliphatic rings. The number of methoxy groups -OCH3 is 1. The lowest BCUT2D eigenvalue weighted by atomic mass is 9.85. The first-order valence-corrected chi connectivity index (χ1v) is 10.8. The molecular weight excluding hydrogens is 418 g/mol. The number of anilines is 1. The largest absolute Gasteiger partial charge is 0.462 e. The van der Waals surface area contributed by atoms with E-state index in [2.05, 4.69) is 5.32 Å². The van der Waals surface area contributed by atoms with E-state index in [0.29, 0.717) is 12.0 Å². The fraction of sp³-hybridized carbons (Fsp3) is 0.435. The SMILES string of the molecule is CCOC(=O)c1c(NC(=O)C(C)(C)Cc2ccccc2)sc(C(=O)OCCOC)c1C. The Balaban J connectivity index is 2.30. The van der Waals surface area contributed by atoms with E-state index < -0.39 is 17.4 Å². The number of thiophene rings is 1. The van der Waals surface area contributed by atoms with Crippen LogP contribution >= 0.6 is 11.3 Å². The van der Waals surface area contributed by atoms with Crippen LogP contribution in [0, 0.1) is 12.3 Å². The molecule has 168 valence electrons. The maximum absolute atomic E-state index is 13.1. The van der Waals surface area contributed by atoms with Gasteiger partial charge in [-0.05, 0) is 31.4 Å². The van der Waals surface area contributed by atoms with Crippen LogP contribution in [0.1, 0.15) is 51.9 Å².